The highest BCUT2D eigenvalue weighted by Gasteiger charge is 2.40. The maximum absolute atomic E-state index is 12.8. The molecule has 0 aromatic heterocycles. The third kappa shape index (κ3) is 5.08. The van der Waals surface area contributed by atoms with E-state index in [1.165, 1.54) is 5.56 Å². The Morgan fingerprint density at radius 3 is 2.21 bits per heavy atom. The molecule has 1 fully saturated rings. The predicted octanol–water partition coefficient (Wildman–Crippen LogP) is 5.58. The molecular formula is C26H32N4O2S. The Balaban J connectivity index is 1.44. The fourth-order valence-electron chi connectivity index (χ4n) is 4.15. The molecule has 1 saturated heterocycles. The summed E-state index contributed by atoms with van der Waals surface area (Å²) in [5.41, 5.74) is 3.79. The molecule has 1 N–H and O–H groups in total. The van der Waals surface area contributed by atoms with Crippen LogP contribution in [0, 0.1) is 0 Å². The van der Waals surface area contributed by atoms with Crippen LogP contribution >= 0.6 is 11.8 Å². The van der Waals surface area contributed by atoms with E-state index in [-0.39, 0.29) is 11.4 Å². The van der Waals surface area contributed by atoms with Gasteiger partial charge in [0.15, 0.2) is 5.66 Å². The number of carbonyl (C=O) groups excluding carboxylic acids is 1. The molecule has 2 amide bonds. The number of amides is 2. The van der Waals surface area contributed by atoms with Gasteiger partial charge in [0.2, 0.25) is 0 Å². The SMILES string of the molecule is COc1ccc(NC(=O)N2CCC3(CC2)N=C(SC)C(c2ccc(C(C)(C)C)cc2)=N3)cc1. The normalized spacial score (nSPS) is 17.5. The Hall–Kier alpha value is -2.80. The highest BCUT2D eigenvalue weighted by molar-refractivity contribution is 8.15. The smallest absolute Gasteiger partial charge is 0.321 e. The van der Waals surface area contributed by atoms with E-state index in [1.807, 2.05) is 35.4 Å². The largest absolute Gasteiger partial charge is 0.497 e. The molecule has 0 atom stereocenters. The van der Waals surface area contributed by atoms with E-state index < -0.39 is 5.66 Å². The molecule has 174 valence electrons. The van der Waals surface area contributed by atoms with Gasteiger partial charge in [0.1, 0.15) is 10.8 Å². The average molecular weight is 465 g/mol. The van der Waals surface area contributed by atoms with Crippen LogP contribution in [0.3, 0.4) is 0 Å². The molecule has 7 heteroatoms. The molecule has 2 aliphatic rings. The van der Waals surface area contributed by atoms with Crippen molar-refractivity contribution in [2.75, 3.05) is 31.8 Å². The topological polar surface area (TPSA) is 66.3 Å². The molecule has 0 unspecified atom stereocenters. The van der Waals surface area contributed by atoms with Crippen LogP contribution in [0.4, 0.5) is 10.5 Å². The second kappa shape index (κ2) is 9.21. The lowest BCUT2D eigenvalue weighted by Gasteiger charge is -2.35. The molecular weight excluding hydrogens is 432 g/mol. The fraction of sp³-hybridized carbons (Fsp3) is 0.423. The number of anilines is 1. The number of benzene rings is 2. The number of hydrogen-bond donors (Lipinski definition) is 1. The Bertz CT molecular complexity index is 1060. The van der Waals surface area contributed by atoms with Crippen molar-refractivity contribution < 1.29 is 9.53 Å². The van der Waals surface area contributed by atoms with Gasteiger partial charge in [-0.3, -0.25) is 4.99 Å². The van der Waals surface area contributed by atoms with Crippen molar-refractivity contribution >= 4 is 34.2 Å². The summed E-state index contributed by atoms with van der Waals surface area (Å²) in [7, 11) is 1.62. The lowest BCUT2D eigenvalue weighted by atomic mass is 9.86. The van der Waals surface area contributed by atoms with E-state index in [1.54, 1.807) is 18.9 Å². The summed E-state index contributed by atoms with van der Waals surface area (Å²) in [6.07, 6.45) is 3.49. The zero-order valence-electron chi connectivity index (χ0n) is 20.0. The highest BCUT2D eigenvalue weighted by Crippen LogP contribution is 2.35. The molecule has 0 bridgehead atoms. The van der Waals surface area contributed by atoms with Gasteiger partial charge in [0.05, 0.1) is 12.8 Å². The number of carbonyl (C=O) groups is 1. The lowest BCUT2D eigenvalue weighted by molar-refractivity contribution is 0.175. The Morgan fingerprint density at radius 1 is 1.03 bits per heavy atom. The molecule has 2 aromatic carbocycles. The second-order valence-electron chi connectivity index (χ2n) is 9.54. The molecule has 6 nitrogen and oxygen atoms in total. The van der Waals surface area contributed by atoms with Crippen molar-refractivity contribution in [1.82, 2.24) is 4.90 Å². The summed E-state index contributed by atoms with van der Waals surface area (Å²) in [4.78, 5) is 24.7. The average Bonchev–Trinajstić information content (AvgIpc) is 3.17. The van der Waals surface area contributed by atoms with Gasteiger partial charge in [-0.1, -0.05) is 45.0 Å². The van der Waals surface area contributed by atoms with Crippen molar-refractivity contribution in [2.45, 2.75) is 44.7 Å². The Kier molecular flexibility index (Phi) is 6.52. The van der Waals surface area contributed by atoms with E-state index in [0.29, 0.717) is 13.1 Å². The minimum Gasteiger partial charge on any atom is -0.497 e. The van der Waals surface area contributed by atoms with Gasteiger partial charge in [-0.2, -0.15) is 0 Å². The number of rotatable bonds is 3. The number of nitrogens with zero attached hydrogens (tertiary/aromatic N) is 3. The van der Waals surface area contributed by atoms with Gasteiger partial charge in [0, 0.05) is 37.2 Å². The zero-order valence-corrected chi connectivity index (χ0v) is 20.8. The number of urea groups is 1. The van der Waals surface area contributed by atoms with Gasteiger partial charge in [-0.05, 0) is 41.5 Å². The summed E-state index contributed by atoms with van der Waals surface area (Å²) < 4.78 is 5.17. The number of methoxy groups -OCH3 is 1. The summed E-state index contributed by atoms with van der Waals surface area (Å²) in [6, 6.07) is 15.9. The summed E-state index contributed by atoms with van der Waals surface area (Å²) in [6.45, 7) is 7.89. The van der Waals surface area contributed by atoms with Crippen molar-refractivity contribution in [3.63, 3.8) is 0 Å². The van der Waals surface area contributed by atoms with Crippen LogP contribution in [0.5, 0.6) is 5.75 Å². The fourth-order valence-corrected chi connectivity index (χ4v) is 4.77. The Labute approximate surface area is 200 Å². The summed E-state index contributed by atoms with van der Waals surface area (Å²) >= 11 is 1.64. The van der Waals surface area contributed by atoms with Gasteiger partial charge in [0.25, 0.3) is 0 Å². The van der Waals surface area contributed by atoms with E-state index in [9.17, 15) is 4.79 Å². The lowest BCUT2D eigenvalue weighted by Crippen LogP contribution is -2.46. The van der Waals surface area contributed by atoms with Gasteiger partial charge < -0.3 is 15.0 Å². The standard InChI is InChI=1S/C26H32N4O2S/c1-25(2,3)19-8-6-18(7-9-19)22-23(33-5)29-26(28-22)14-16-30(17-15-26)24(31)27-20-10-12-21(32-4)13-11-20/h6-13H,14-17H2,1-5H3,(H,27,31). The van der Waals surface area contributed by atoms with Crippen molar-refractivity contribution in [3.8, 4) is 5.75 Å². The monoisotopic (exact) mass is 464 g/mol. The van der Waals surface area contributed by atoms with Crippen molar-refractivity contribution in [3.05, 3.63) is 59.7 Å². The van der Waals surface area contributed by atoms with Gasteiger partial charge >= 0.3 is 6.03 Å². The highest BCUT2D eigenvalue weighted by atomic mass is 32.2. The van der Waals surface area contributed by atoms with Crippen LogP contribution in [-0.2, 0) is 5.41 Å². The van der Waals surface area contributed by atoms with Crippen molar-refractivity contribution in [2.24, 2.45) is 9.98 Å². The molecule has 2 aliphatic heterocycles. The summed E-state index contributed by atoms with van der Waals surface area (Å²) in [5, 5.41) is 3.95. The van der Waals surface area contributed by atoms with Crippen LogP contribution in [0.2, 0.25) is 0 Å². The third-order valence-corrected chi connectivity index (χ3v) is 6.91. The van der Waals surface area contributed by atoms with Crippen LogP contribution in [0.15, 0.2) is 58.5 Å². The Morgan fingerprint density at radius 2 is 1.67 bits per heavy atom. The first-order valence-corrected chi connectivity index (χ1v) is 12.5. The minimum atomic E-state index is -0.465. The first kappa shape index (κ1) is 23.4. The molecule has 0 aliphatic carbocycles. The van der Waals surface area contributed by atoms with E-state index in [2.05, 4.69) is 50.4 Å². The second-order valence-corrected chi connectivity index (χ2v) is 10.3. The van der Waals surface area contributed by atoms with Crippen LogP contribution in [0.25, 0.3) is 0 Å². The maximum atomic E-state index is 12.8. The van der Waals surface area contributed by atoms with Crippen LogP contribution in [0.1, 0.15) is 44.7 Å². The number of thioether (sulfide) groups is 1. The van der Waals surface area contributed by atoms with Gasteiger partial charge in [-0.25, -0.2) is 9.79 Å². The minimum absolute atomic E-state index is 0.0935. The molecule has 2 heterocycles. The summed E-state index contributed by atoms with van der Waals surface area (Å²) in [5.74, 6) is 0.762. The molecule has 4 rings (SSSR count). The predicted molar refractivity (Wildman–Crippen MR) is 138 cm³/mol. The first-order chi connectivity index (χ1) is 15.7. The van der Waals surface area contributed by atoms with E-state index in [0.717, 1.165) is 40.6 Å². The maximum Gasteiger partial charge on any atom is 0.321 e. The molecule has 1 spiro atoms. The number of nitrogens with one attached hydrogen (secondary N) is 1. The van der Waals surface area contributed by atoms with Crippen molar-refractivity contribution in [1.29, 1.82) is 0 Å². The van der Waals surface area contributed by atoms with Crippen LogP contribution in [-0.4, -0.2) is 53.8 Å². The van der Waals surface area contributed by atoms with E-state index >= 15 is 0 Å². The number of hydrogen-bond acceptors (Lipinski definition) is 5. The van der Waals surface area contributed by atoms with E-state index in [4.69, 9.17) is 14.7 Å². The zero-order chi connectivity index (χ0) is 23.6. The van der Waals surface area contributed by atoms with Gasteiger partial charge in [-0.15, -0.1) is 11.8 Å². The van der Waals surface area contributed by atoms with Crippen LogP contribution < -0.4 is 10.1 Å². The molecule has 2 aromatic rings. The molecule has 0 saturated carbocycles. The molecule has 0 radical (unpaired) electrons. The third-order valence-electron chi connectivity index (χ3n) is 6.24. The first-order valence-electron chi connectivity index (χ1n) is 11.3. The number of aliphatic imine (C=N–C) groups is 2. The quantitative estimate of drug-likeness (QED) is 0.645. The number of ether oxygens (including phenoxy) is 1. The molecule has 33 heavy (non-hydrogen) atoms. The number of piperidine rings is 1. The number of likely N-dealkylation sites (tertiary alicyclic amines) is 1.